The summed E-state index contributed by atoms with van der Waals surface area (Å²) >= 11 is 0. The van der Waals surface area contributed by atoms with Crippen LogP contribution in [0, 0.1) is 0 Å². The molecule has 1 atom stereocenters. The number of allylic oxidation sites excluding steroid dienone is 2. The van der Waals surface area contributed by atoms with E-state index in [1.54, 1.807) is 19.1 Å². The number of carboxylic acids is 1. The molecule has 0 saturated carbocycles. The van der Waals surface area contributed by atoms with Crippen molar-refractivity contribution in [3.05, 3.63) is 23.7 Å². The molecule has 0 fully saturated rings. The standard InChI is InChI=1S/C9H15N3O3/c1-3-4-7(8(11)12-2)15-5-6(10)9(13)14/h3-4,6H,2,5,10-11H2,1H3,(H,13,14)/b4-3-,8-7+/t6-/m0/s1. The van der Waals surface area contributed by atoms with Crippen LogP contribution >= 0.6 is 0 Å². The molecular formula is C9H15N3O3. The topological polar surface area (TPSA) is 111 Å². The second-order valence-electron chi connectivity index (χ2n) is 2.66. The summed E-state index contributed by atoms with van der Waals surface area (Å²) in [6, 6.07) is -1.09. The summed E-state index contributed by atoms with van der Waals surface area (Å²) in [7, 11) is 0. The number of nitrogens with two attached hydrogens (primary N) is 2. The van der Waals surface area contributed by atoms with Crippen molar-refractivity contribution in [2.24, 2.45) is 16.5 Å². The molecular weight excluding hydrogens is 198 g/mol. The Labute approximate surface area is 87.9 Å². The van der Waals surface area contributed by atoms with Crippen molar-refractivity contribution in [1.29, 1.82) is 0 Å². The van der Waals surface area contributed by atoms with Crippen LogP contribution in [0.1, 0.15) is 6.92 Å². The molecule has 0 saturated heterocycles. The van der Waals surface area contributed by atoms with E-state index in [4.69, 9.17) is 21.3 Å². The summed E-state index contributed by atoms with van der Waals surface area (Å²) in [5.74, 6) is -0.796. The fourth-order valence-electron chi connectivity index (χ4n) is 0.688. The first-order valence-corrected chi connectivity index (χ1v) is 4.23. The number of ether oxygens (including phenoxy) is 1. The largest absolute Gasteiger partial charge is 0.487 e. The lowest BCUT2D eigenvalue weighted by Gasteiger charge is -2.10. The third-order valence-corrected chi connectivity index (χ3v) is 1.48. The Morgan fingerprint density at radius 3 is 2.73 bits per heavy atom. The molecule has 0 rings (SSSR count). The second kappa shape index (κ2) is 6.61. The number of hydrogen-bond donors (Lipinski definition) is 3. The number of aliphatic imine (C=N–C) groups is 1. The molecule has 0 heterocycles. The summed E-state index contributed by atoms with van der Waals surface area (Å²) in [5.41, 5.74) is 10.7. The lowest BCUT2D eigenvalue weighted by atomic mass is 10.3. The lowest BCUT2D eigenvalue weighted by Crippen LogP contribution is -2.34. The molecule has 5 N–H and O–H groups in total. The second-order valence-corrected chi connectivity index (χ2v) is 2.66. The van der Waals surface area contributed by atoms with Crippen LogP contribution in [0.3, 0.4) is 0 Å². The summed E-state index contributed by atoms with van der Waals surface area (Å²) in [5, 5.41) is 8.51. The highest BCUT2D eigenvalue weighted by atomic mass is 16.5. The molecule has 0 aromatic rings. The zero-order valence-electron chi connectivity index (χ0n) is 8.51. The molecule has 84 valence electrons. The van der Waals surface area contributed by atoms with Gasteiger partial charge in [-0.3, -0.25) is 4.79 Å². The maximum Gasteiger partial charge on any atom is 0.324 e. The van der Waals surface area contributed by atoms with Crippen molar-refractivity contribution < 1.29 is 14.6 Å². The van der Waals surface area contributed by atoms with Crippen LogP contribution in [0.4, 0.5) is 0 Å². The van der Waals surface area contributed by atoms with Crippen LogP contribution in [0.25, 0.3) is 0 Å². The van der Waals surface area contributed by atoms with Crippen LogP contribution in [-0.2, 0) is 9.53 Å². The van der Waals surface area contributed by atoms with Crippen molar-refractivity contribution in [2.75, 3.05) is 6.61 Å². The Hall–Kier alpha value is -1.82. The predicted molar refractivity (Wildman–Crippen MR) is 57.1 cm³/mol. The van der Waals surface area contributed by atoms with E-state index in [0.29, 0.717) is 0 Å². The first-order chi connectivity index (χ1) is 7.02. The maximum absolute atomic E-state index is 10.4. The minimum absolute atomic E-state index is 0.0886. The molecule has 0 aliphatic carbocycles. The van der Waals surface area contributed by atoms with Gasteiger partial charge in [-0.2, -0.15) is 0 Å². The number of carbonyl (C=O) groups is 1. The summed E-state index contributed by atoms with van der Waals surface area (Å²) < 4.78 is 5.09. The van der Waals surface area contributed by atoms with Gasteiger partial charge in [0.05, 0.1) is 0 Å². The normalized spacial score (nSPS) is 14.5. The average Bonchev–Trinajstić information content (AvgIpc) is 2.22. The van der Waals surface area contributed by atoms with Crippen molar-refractivity contribution in [1.82, 2.24) is 0 Å². The van der Waals surface area contributed by atoms with Gasteiger partial charge in [0.25, 0.3) is 0 Å². The van der Waals surface area contributed by atoms with E-state index in [1.807, 2.05) is 0 Å². The van der Waals surface area contributed by atoms with E-state index in [0.717, 1.165) is 0 Å². The van der Waals surface area contributed by atoms with Gasteiger partial charge in [-0.15, -0.1) is 0 Å². The van der Waals surface area contributed by atoms with E-state index in [1.165, 1.54) is 0 Å². The van der Waals surface area contributed by atoms with E-state index in [9.17, 15) is 4.79 Å². The molecule has 0 aliphatic heterocycles. The summed E-state index contributed by atoms with van der Waals surface area (Å²) in [6.45, 7) is 4.82. The molecule has 6 nitrogen and oxygen atoms in total. The van der Waals surface area contributed by atoms with Crippen LogP contribution in [0.2, 0.25) is 0 Å². The van der Waals surface area contributed by atoms with E-state index in [2.05, 4.69) is 11.7 Å². The highest BCUT2D eigenvalue weighted by Gasteiger charge is 2.12. The van der Waals surface area contributed by atoms with Crippen LogP contribution in [-0.4, -0.2) is 30.4 Å². The number of rotatable bonds is 6. The van der Waals surface area contributed by atoms with Gasteiger partial charge in [0.1, 0.15) is 12.6 Å². The highest BCUT2D eigenvalue weighted by Crippen LogP contribution is 2.05. The Bertz CT molecular complexity index is 297. The Kier molecular flexibility index (Phi) is 5.81. The minimum Gasteiger partial charge on any atom is -0.487 e. The van der Waals surface area contributed by atoms with Crippen molar-refractivity contribution in [2.45, 2.75) is 13.0 Å². The Morgan fingerprint density at radius 2 is 2.33 bits per heavy atom. The maximum atomic E-state index is 10.4. The Morgan fingerprint density at radius 1 is 1.73 bits per heavy atom. The minimum atomic E-state index is -1.14. The molecule has 0 aliphatic rings. The molecule has 0 unspecified atom stereocenters. The van der Waals surface area contributed by atoms with E-state index < -0.39 is 12.0 Å². The molecule has 0 radical (unpaired) electrons. The zero-order valence-corrected chi connectivity index (χ0v) is 8.51. The van der Waals surface area contributed by atoms with Gasteiger partial charge < -0.3 is 21.3 Å². The molecule has 0 aromatic heterocycles. The van der Waals surface area contributed by atoms with E-state index in [-0.39, 0.29) is 18.2 Å². The van der Waals surface area contributed by atoms with Gasteiger partial charge in [0.15, 0.2) is 11.6 Å². The number of hydrogen-bond acceptors (Lipinski definition) is 5. The van der Waals surface area contributed by atoms with Gasteiger partial charge in [-0.05, 0) is 19.7 Å². The predicted octanol–water partition coefficient (Wildman–Crippen LogP) is -0.181. The molecule has 0 spiro atoms. The average molecular weight is 213 g/mol. The molecule has 6 heteroatoms. The van der Waals surface area contributed by atoms with Crippen LogP contribution < -0.4 is 11.5 Å². The number of nitrogens with zero attached hydrogens (tertiary/aromatic N) is 1. The third kappa shape index (κ3) is 4.82. The van der Waals surface area contributed by atoms with Gasteiger partial charge >= 0.3 is 5.97 Å². The fraction of sp³-hybridized carbons (Fsp3) is 0.333. The highest BCUT2D eigenvalue weighted by molar-refractivity contribution is 5.73. The smallest absolute Gasteiger partial charge is 0.324 e. The van der Waals surface area contributed by atoms with Crippen molar-refractivity contribution >= 4 is 12.7 Å². The lowest BCUT2D eigenvalue weighted by molar-refractivity contribution is -0.139. The van der Waals surface area contributed by atoms with Crippen molar-refractivity contribution in [3.8, 4) is 0 Å². The summed E-state index contributed by atoms with van der Waals surface area (Å²) in [6.07, 6.45) is 3.23. The van der Waals surface area contributed by atoms with Crippen LogP contribution in [0.15, 0.2) is 28.7 Å². The molecule has 0 aromatic carbocycles. The van der Waals surface area contributed by atoms with Gasteiger partial charge in [-0.1, -0.05) is 6.08 Å². The fourth-order valence-corrected chi connectivity index (χ4v) is 0.688. The first-order valence-electron chi connectivity index (χ1n) is 4.23. The molecule has 0 bridgehead atoms. The molecule has 15 heavy (non-hydrogen) atoms. The van der Waals surface area contributed by atoms with Gasteiger partial charge in [-0.25, -0.2) is 4.99 Å². The summed E-state index contributed by atoms with van der Waals surface area (Å²) in [4.78, 5) is 13.9. The number of carboxylic acid groups (broad SMARTS) is 1. The molecule has 0 amide bonds. The number of aliphatic carboxylic acids is 1. The SMILES string of the molecule is C=N/C(N)=C(\C=C/C)OC[C@H](N)C(=O)O. The monoisotopic (exact) mass is 213 g/mol. The van der Waals surface area contributed by atoms with Gasteiger partial charge in [0, 0.05) is 0 Å². The van der Waals surface area contributed by atoms with Crippen LogP contribution in [0.5, 0.6) is 0 Å². The van der Waals surface area contributed by atoms with E-state index >= 15 is 0 Å². The van der Waals surface area contributed by atoms with Gasteiger partial charge in [0.2, 0.25) is 0 Å². The third-order valence-electron chi connectivity index (χ3n) is 1.48. The first kappa shape index (κ1) is 13.2. The van der Waals surface area contributed by atoms with Crippen molar-refractivity contribution in [3.63, 3.8) is 0 Å². The zero-order chi connectivity index (χ0) is 11.8. The quantitative estimate of drug-likeness (QED) is 0.322. The Balaban J connectivity index is 4.45.